The van der Waals surface area contributed by atoms with Gasteiger partial charge in [0.2, 0.25) is 0 Å². The molecule has 0 aromatic carbocycles. The van der Waals surface area contributed by atoms with Gasteiger partial charge in [0.25, 0.3) is 0 Å². The summed E-state index contributed by atoms with van der Waals surface area (Å²) in [7, 11) is 0. The lowest BCUT2D eigenvalue weighted by Crippen LogP contribution is -2.63. The van der Waals surface area contributed by atoms with E-state index in [9.17, 15) is 30.6 Å². The molecule has 9 saturated heterocycles. The van der Waals surface area contributed by atoms with Crippen LogP contribution in [0.4, 0.5) is 0 Å². The highest BCUT2D eigenvalue weighted by Crippen LogP contribution is 2.52. The number of ether oxygens (including phenoxy) is 13. The van der Waals surface area contributed by atoms with Crippen molar-refractivity contribution in [2.45, 2.75) is 275 Å². The smallest absolute Gasteiger partial charge is 0.174 e. The monoisotopic (exact) mass is 1110 g/mol. The lowest BCUT2D eigenvalue weighted by atomic mass is 9.75. The third-order valence-electron chi connectivity index (χ3n) is 20.6. The van der Waals surface area contributed by atoms with Crippen LogP contribution in [0.1, 0.15) is 98.8 Å². The van der Waals surface area contributed by atoms with Crippen molar-refractivity contribution in [3.8, 4) is 0 Å². The van der Waals surface area contributed by atoms with Crippen molar-refractivity contribution in [3.63, 3.8) is 0 Å². The fourth-order valence-corrected chi connectivity index (χ4v) is 15.9. The Balaban J connectivity index is 0.677. The Morgan fingerprint density at radius 1 is 0.519 bits per heavy atom. The normalized spacial score (nSPS) is 56.8. The molecule has 6 N–H and O–H groups in total. The molecule has 0 saturated carbocycles. The van der Waals surface area contributed by atoms with Gasteiger partial charge in [-0.25, -0.2) is 0 Å². The first-order valence-corrected chi connectivity index (χ1v) is 30.0. The number of aliphatic hydroxyl groups is 6. The van der Waals surface area contributed by atoms with Crippen LogP contribution in [0, 0.1) is 23.7 Å². The molecule has 0 aliphatic carbocycles. The second-order valence-corrected chi connectivity index (χ2v) is 25.9. The quantitative estimate of drug-likeness (QED) is 0.223. The van der Waals surface area contributed by atoms with Gasteiger partial charge in [-0.2, -0.15) is 0 Å². The molecule has 1 spiro atoms. The molecule has 0 radical (unpaired) electrons. The summed E-state index contributed by atoms with van der Waals surface area (Å²) in [6.07, 6.45) is 10.5. The fraction of sp³-hybridized carbons (Fsp3) is 0.833. The van der Waals surface area contributed by atoms with Crippen molar-refractivity contribution in [2.75, 3.05) is 13.2 Å². The van der Waals surface area contributed by atoms with Crippen molar-refractivity contribution in [1.82, 2.24) is 0 Å². The molecule has 13 aliphatic heterocycles. The second-order valence-electron chi connectivity index (χ2n) is 25.9. The van der Waals surface area contributed by atoms with Crippen LogP contribution < -0.4 is 0 Å². The van der Waals surface area contributed by atoms with E-state index in [4.69, 9.17) is 61.6 Å². The molecule has 19 nitrogen and oxygen atoms in total. The van der Waals surface area contributed by atoms with Crippen LogP contribution in [0.15, 0.2) is 60.8 Å². The van der Waals surface area contributed by atoms with Crippen LogP contribution in [0.2, 0.25) is 0 Å². The zero-order valence-electron chi connectivity index (χ0n) is 46.1. The third kappa shape index (κ3) is 10.5. The number of hydrogen-bond acceptors (Lipinski definition) is 19. The van der Waals surface area contributed by atoms with Gasteiger partial charge in [-0.1, -0.05) is 88.5 Å². The highest BCUT2D eigenvalue weighted by Gasteiger charge is 2.63. The molecule has 33 atom stereocenters. The van der Waals surface area contributed by atoms with Crippen LogP contribution in [-0.4, -0.2) is 220 Å². The Morgan fingerprint density at radius 2 is 1.14 bits per heavy atom. The van der Waals surface area contributed by atoms with Crippen molar-refractivity contribution in [3.05, 3.63) is 60.8 Å². The van der Waals surface area contributed by atoms with Gasteiger partial charge in [-0.05, 0) is 50.9 Å². The number of fused-ring (bicyclic) bond motifs is 11. The fourth-order valence-electron chi connectivity index (χ4n) is 15.9. The molecule has 13 aliphatic rings. The predicted molar refractivity (Wildman–Crippen MR) is 279 cm³/mol. The Labute approximate surface area is 463 Å². The van der Waals surface area contributed by atoms with E-state index in [1.807, 2.05) is 50.3 Å². The molecule has 79 heavy (non-hydrogen) atoms. The second kappa shape index (κ2) is 22.4. The van der Waals surface area contributed by atoms with E-state index in [0.717, 1.165) is 6.42 Å². The molecule has 0 amide bonds. The zero-order chi connectivity index (χ0) is 54.6. The minimum absolute atomic E-state index is 0.0318. The topological polar surface area (TPSA) is 241 Å². The lowest BCUT2D eigenvalue weighted by Gasteiger charge is -2.53. The van der Waals surface area contributed by atoms with E-state index in [0.29, 0.717) is 57.8 Å². The van der Waals surface area contributed by atoms with Gasteiger partial charge >= 0.3 is 0 Å². The minimum Gasteiger partial charge on any atom is -0.393 e. The van der Waals surface area contributed by atoms with Crippen molar-refractivity contribution < 1.29 is 92.2 Å². The largest absolute Gasteiger partial charge is 0.393 e. The SMILES string of the molecule is C[C@@H]1C[C@@H]2O[C@@H]3[C@@H](C)[C@H](O)[C@@H]4O[C@]5(C[C@H](O)CO5)[C@@H](C)[C@H](C)[C@H]4O[C@H]3C[C@H]2O[C@H]2C[C@H]3O[C@H]4C/C=C\C[C@H]5O[C@H]6C=C[C@H]7O[C@H]8[C@@H](O)[C@H]9O[C@@H](C=C[C@H](O)CO)C=CC[C@@H]9O[C@@H]8C[C@@H]7O[C@@H]6C=C[C@@H]5O[C@@H]4C[C@@H](O)[C@]3(C)O[C@@H]2C1. The number of rotatable bonds is 3. The molecule has 0 bridgehead atoms. The Hall–Kier alpha value is -2.06. The Morgan fingerprint density at radius 3 is 1.91 bits per heavy atom. The van der Waals surface area contributed by atoms with Crippen molar-refractivity contribution >= 4 is 0 Å². The Kier molecular flexibility index (Phi) is 15.9. The van der Waals surface area contributed by atoms with E-state index in [1.165, 1.54) is 6.08 Å². The van der Waals surface area contributed by atoms with Crippen molar-refractivity contribution in [2.24, 2.45) is 23.7 Å². The van der Waals surface area contributed by atoms with Crippen LogP contribution in [0.5, 0.6) is 0 Å². The number of hydrogen-bond donors (Lipinski definition) is 6. The van der Waals surface area contributed by atoms with Crippen LogP contribution >= 0.6 is 0 Å². The van der Waals surface area contributed by atoms with Gasteiger partial charge in [-0.3, -0.25) is 0 Å². The minimum atomic E-state index is -1.04. The maximum Gasteiger partial charge on any atom is 0.174 e. The molecule has 13 heterocycles. The molecule has 13 rings (SSSR count). The summed E-state index contributed by atoms with van der Waals surface area (Å²) >= 11 is 0. The summed E-state index contributed by atoms with van der Waals surface area (Å²) in [6.45, 7) is 10.3. The van der Waals surface area contributed by atoms with E-state index in [2.05, 4.69) is 32.9 Å². The van der Waals surface area contributed by atoms with Crippen LogP contribution in [-0.2, 0) is 61.6 Å². The van der Waals surface area contributed by atoms with E-state index < -0.39 is 134 Å². The molecule has 0 aromatic heterocycles. The summed E-state index contributed by atoms with van der Waals surface area (Å²) in [5.74, 6) is -1.19. The molecular weight excluding hydrogens is 1020 g/mol. The van der Waals surface area contributed by atoms with E-state index >= 15 is 0 Å². The van der Waals surface area contributed by atoms with Gasteiger partial charge in [0.05, 0.1) is 129 Å². The zero-order valence-corrected chi connectivity index (χ0v) is 46.1. The van der Waals surface area contributed by atoms with E-state index in [1.54, 1.807) is 6.08 Å². The highest BCUT2D eigenvalue weighted by molar-refractivity contribution is 5.18. The van der Waals surface area contributed by atoms with Gasteiger partial charge in [0.1, 0.15) is 54.4 Å². The molecule has 0 unspecified atom stereocenters. The average molecular weight is 1110 g/mol. The Bertz CT molecular complexity index is 2300. The van der Waals surface area contributed by atoms with Crippen LogP contribution in [0.25, 0.3) is 0 Å². The molecule has 19 heteroatoms. The number of aliphatic hydroxyl groups excluding tert-OH is 6. The summed E-state index contributed by atoms with van der Waals surface area (Å²) in [6, 6.07) is 0. The summed E-state index contributed by atoms with van der Waals surface area (Å²) in [4.78, 5) is 0. The first-order valence-electron chi connectivity index (χ1n) is 30.0. The molecule has 440 valence electrons. The van der Waals surface area contributed by atoms with Gasteiger partial charge in [-0.15, -0.1) is 0 Å². The summed E-state index contributed by atoms with van der Waals surface area (Å²) < 4.78 is 89.0. The maximum absolute atomic E-state index is 12.4. The average Bonchev–Trinajstić information content (AvgIpc) is 3.66. The first-order chi connectivity index (χ1) is 38.0. The lowest BCUT2D eigenvalue weighted by molar-refractivity contribution is -0.339. The molecule has 9 fully saturated rings. The van der Waals surface area contributed by atoms with Crippen molar-refractivity contribution in [1.29, 1.82) is 0 Å². The van der Waals surface area contributed by atoms with Gasteiger partial charge in [0.15, 0.2) is 5.79 Å². The van der Waals surface area contributed by atoms with E-state index in [-0.39, 0.29) is 79.1 Å². The summed E-state index contributed by atoms with van der Waals surface area (Å²) in [5, 5.41) is 65.9. The first kappa shape index (κ1) is 56.1. The summed E-state index contributed by atoms with van der Waals surface area (Å²) in [5.41, 5.74) is -1.04. The standard InChI is InChI=1S/C60H86O19/c1-28-19-42-44(22-48-54(76-42)30(3)52(65)58-55(77-48)29(2)31(4)60(79-58)25-33(63)27-67-60)73-46-24-51-59(5,78-47(46)20-28)50(64)23-45-36(74-51)11-7-6-10-35-37(71-45)15-16-39-38(69-35)17-18-40-43(70-39)21-49-57(75-40)53(66)56-41(72-49)12-8-9-34(68-56)14-13-32(62)26-61/h6-9,13-18,28-58,61-66H,10-12,19-27H2,1-5H3/b7-6-,14-13?/t28-,29+,30+,31+,32+,33+,34-,35-,36+,37+,38+,39-,40-,41+,42+,43+,44-,45-,46+,47-,48+,49-,50-,51-,52+,53+,54-,55-,56+,57-,58+,59+,60-/m1/s1. The van der Waals surface area contributed by atoms with Gasteiger partial charge in [0, 0.05) is 43.9 Å². The highest BCUT2D eigenvalue weighted by atomic mass is 16.7. The molecule has 0 aromatic rings. The van der Waals surface area contributed by atoms with Gasteiger partial charge < -0.3 is 92.2 Å². The van der Waals surface area contributed by atoms with Crippen LogP contribution in [0.3, 0.4) is 0 Å². The third-order valence-corrected chi connectivity index (χ3v) is 20.6. The molecular formula is C60H86O19. The maximum atomic E-state index is 12.4. The predicted octanol–water partition coefficient (Wildman–Crippen LogP) is 2.97.